The first-order valence-corrected chi connectivity index (χ1v) is 8.60. The lowest BCUT2D eigenvalue weighted by molar-refractivity contribution is -0.575. The summed E-state index contributed by atoms with van der Waals surface area (Å²) in [6, 6.07) is 1.82. The van der Waals surface area contributed by atoms with Crippen molar-refractivity contribution in [1.29, 1.82) is 0 Å². The Bertz CT molecular complexity index is 917. The minimum Gasteiger partial charge on any atom is -0.618 e. The largest absolute Gasteiger partial charge is 0.618 e. The quantitative estimate of drug-likeness (QED) is 0.506. The number of pyridine rings is 1. The van der Waals surface area contributed by atoms with Gasteiger partial charge in [0.2, 0.25) is 17.6 Å². The van der Waals surface area contributed by atoms with Crippen molar-refractivity contribution in [1.82, 2.24) is 14.5 Å². The van der Waals surface area contributed by atoms with E-state index in [1.165, 1.54) is 17.5 Å². The van der Waals surface area contributed by atoms with E-state index in [2.05, 4.69) is 20.9 Å². The molecule has 4 heterocycles. The number of imidazole rings is 1. The molecule has 8 heteroatoms. The molecule has 0 bridgehead atoms. The van der Waals surface area contributed by atoms with Crippen LogP contribution >= 0.6 is 27.3 Å². The van der Waals surface area contributed by atoms with Crippen molar-refractivity contribution in [2.24, 2.45) is 7.05 Å². The molecule has 1 fully saturated rings. The topological polar surface area (TPSA) is 65.1 Å². The number of amides is 1. The van der Waals surface area contributed by atoms with Crippen LogP contribution in [0.3, 0.4) is 0 Å². The molecule has 0 radical (unpaired) electrons. The minimum atomic E-state index is 0.176. The standard InChI is InChI=1S/C14H13BrN4O2S/c1-17-11(7-18-4-2-3-12(18)20)16-8-6-19(21)9-5-10(15)22-14(9)13(8)17/h5-6H,2-4,7H2,1H3. The Labute approximate surface area is 138 Å². The number of carbonyl (C=O) groups excluding carboxylic acids is 1. The number of likely N-dealkylation sites (tertiary alicyclic amines) is 1. The average Bonchev–Trinajstić information content (AvgIpc) is 3.11. The van der Waals surface area contributed by atoms with Crippen LogP contribution in [-0.4, -0.2) is 26.9 Å². The molecule has 0 aromatic carbocycles. The molecule has 0 spiro atoms. The van der Waals surface area contributed by atoms with Crippen LogP contribution in [0.2, 0.25) is 0 Å². The number of carbonyl (C=O) groups is 1. The van der Waals surface area contributed by atoms with Crippen LogP contribution in [0.15, 0.2) is 16.0 Å². The number of hydrogen-bond acceptors (Lipinski definition) is 4. The number of aromatic nitrogens is 3. The van der Waals surface area contributed by atoms with E-state index in [9.17, 15) is 10.0 Å². The van der Waals surface area contributed by atoms with Crippen molar-refractivity contribution >= 4 is 54.4 Å². The van der Waals surface area contributed by atoms with Crippen LogP contribution in [-0.2, 0) is 18.4 Å². The van der Waals surface area contributed by atoms with Gasteiger partial charge in [-0.1, -0.05) is 0 Å². The summed E-state index contributed by atoms with van der Waals surface area (Å²) in [5, 5.41) is 12.1. The van der Waals surface area contributed by atoms with Gasteiger partial charge in [-0.3, -0.25) is 4.79 Å². The van der Waals surface area contributed by atoms with Crippen LogP contribution in [0.5, 0.6) is 0 Å². The number of nitrogens with zero attached hydrogens (tertiary/aromatic N) is 4. The molecule has 0 aliphatic carbocycles. The highest BCUT2D eigenvalue weighted by Crippen LogP contribution is 2.33. The van der Waals surface area contributed by atoms with Crippen LogP contribution in [0.4, 0.5) is 0 Å². The van der Waals surface area contributed by atoms with E-state index in [0.717, 1.165) is 37.5 Å². The summed E-state index contributed by atoms with van der Waals surface area (Å²) < 4.78 is 4.67. The first-order valence-electron chi connectivity index (χ1n) is 6.99. The van der Waals surface area contributed by atoms with E-state index in [-0.39, 0.29) is 5.91 Å². The van der Waals surface area contributed by atoms with Crippen LogP contribution < -0.4 is 4.73 Å². The maximum Gasteiger partial charge on any atom is 0.238 e. The summed E-state index contributed by atoms with van der Waals surface area (Å²) in [7, 11) is 1.94. The number of rotatable bonds is 2. The molecule has 4 rings (SSSR count). The summed E-state index contributed by atoms with van der Waals surface area (Å²) in [5.74, 6) is 0.984. The fourth-order valence-electron chi connectivity index (χ4n) is 2.98. The predicted molar refractivity (Wildman–Crippen MR) is 87.4 cm³/mol. The first-order chi connectivity index (χ1) is 10.5. The van der Waals surface area contributed by atoms with Crippen LogP contribution in [0, 0.1) is 5.21 Å². The summed E-state index contributed by atoms with van der Waals surface area (Å²) in [6.45, 7) is 1.28. The Morgan fingerprint density at radius 3 is 3.09 bits per heavy atom. The minimum absolute atomic E-state index is 0.176. The average molecular weight is 381 g/mol. The first kappa shape index (κ1) is 14.0. The maximum absolute atomic E-state index is 12.1. The fourth-order valence-corrected chi connectivity index (χ4v) is 4.64. The monoisotopic (exact) mass is 380 g/mol. The highest BCUT2D eigenvalue weighted by molar-refractivity contribution is 9.11. The van der Waals surface area contributed by atoms with Gasteiger partial charge in [0, 0.05) is 26.1 Å². The Morgan fingerprint density at radius 1 is 1.55 bits per heavy atom. The molecule has 0 N–H and O–H groups in total. The normalized spacial score (nSPS) is 15.5. The summed E-state index contributed by atoms with van der Waals surface area (Å²) in [4.78, 5) is 18.2. The molecule has 0 unspecified atom stereocenters. The van der Waals surface area contributed by atoms with Crippen LogP contribution in [0.1, 0.15) is 18.7 Å². The van der Waals surface area contributed by atoms with Crippen molar-refractivity contribution in [3.8, 4) is 0 Å². The Morgan fingerprint density at radius 2 is 2.36 bits per heavy atom. The van der Waals surface area contributed by atoms with Gasteiger partial charge in [0.05, 0.1) is 15.8 Å². The lowest BCUT2D eigenvalue weighted by Crippen LogP contribution is -2.25. The van der Waals surface area contributed by atoms with Gasteiger partial charge in [-0.15, -0.1) is 11.3 Å². The summed E-state index contributed by atoms with van der Waals surface area (Å²) in [6.07, 6.45) is 3.03. The zero-order valence-electron chi connectivity index (χ0n) is 11.9. The smallest absolute Gasteiger partial charge is 0.238 e. The Kier molecular flexibility index (Phi) is 3.12. The molecule has 0 saturated carbocycles. The van der Waals surface area contributed by atoms with E-state index in [1.54, 1.807) is 0 Å². The van der Waals surface area contributed by atoms with Gasteiger partial charge in [-0.05, 0) is 22.4 Å². The lowest BCUT2D eigenvalue weighted by Gasteiger charge is -2.14. The third-order valence-corrected chi connectivity index (χ3v) is 5.73. The van der Waals surface area contributed by atoms with Crippen LogP contribution in [0.25, 0.3) is 21.3 Å². The second-order valence-corrected chi connectivity index (χ2v) is 7.89. The van der Waals surface area contributed by atoms with Gasteiger partial charge in [0.25, 0.3) is 0 Å². The van der Waals surface area contributed by atoms with E-state index in [0.29, 0.717) is 24.0 Å². The molecular formula is C14H13BrN4O2S. The molecule has 3 aromatic rings. The molecule has 22 heavy (non-hydrogen) atoms. The Balaban J connectivity index is 1.89. The zero-order chi connectivity index (χ0) is 15.4. The Hall–Kier alpha value is -1.67. The third kappa shape index (κ3) is 2.01. The molecule has 114 valence electrons. The lowest BCUT2D eigenvalue weighted by atomic mass is 10.3. The van der Waals surface area contributed by atoms with E-state index in [4.69, 9.17) is 0 Å². The zero-order valence-corrected chi connectivity index (χ0v) is 14.3. The van der Waals surface area contributed by atoms with Crippen molar-refractivity contribution in [3.05, 3.63) is 27.1 Å². The number of fused-ring (bicyclic) bond motifs is 3. The van der Waals surface area contributed by atoms with E-state index in [1.807, 2.05) is 22.6 Å². The van der Waals surface area contributed by atoms with Gasteiger partial charge >= 0.3 is 0 Å². The van der Waals surface area contributed by atoms with Gasteiger partial charge < -0.3 is 14.7 Å². The number of aryl methyl sites for hydroxylation is 1. The van der Waals surface area contributed by atoms with Gasteiger partial charge in [-0.2, -0.15) is 4.73 Å². The van der Waals surface area contributed by atoms with Crippen molar-refractivity contribution in [2.45, 2.75) is 19.4 Å². The van der Waals surface area contributed by atoms with E-state index >= 15 is 0 Å². The number of hydrogen-bond donors (Lipinski definition) is 0. The molecule has 1 aliphatic rings. The fraction of sp³-hybridized carbons (Fsp3) is 0.357. The number of halogens is 1. The summed E-state index contributed by atoms with van der Waals surface area (Å²) >= 11 is 4.96. The SMILES string of the molecule is Cn1c(CN2CCCC2=O)nc2c[n+]([O-])c3cc(Br)sc3c21. The predicted octanol–water partition coefficient (Wildman–Crippen LogP) is 2.31. The highest BCUT2D eigenvalue weighted by atomic mass is 79.9. The molecule has 1 saturated heterocycles. The number of thiophene rings is 1. The third-order valence-electron chi connectivity index (χ3n) is 4.09. The maximum atomic E-state index is 12.1. The molecule has 1 amide bonds. The van der Waals surface area contributed by atoms with Crippen molar-refractivity contribution in [2.75, 3.05) is 6.54 Å². The van der Waals surface area contributed by atoms with Gasteiger partial charge in [0.1, 0.15) is 10.5 Å². The van der Waals surface area contributed by atoms with Crippen molar-refractivity contribution < 1.29 is 9.52 Å². The second kappa shape index (κ2) is 4.92. The van der Waals surface area contributed by atoms with Crippen molar-refractivity contribution in [3.63, 3.8) is 0 Å². The summed E-state index contributed by atoms with van der Waals surface area (Å²) in [5.41, 5.74) is 2.25. The molecular weight excluding hydrogens is 368 g/mol. The molecule has 6 nitrogen and oxygen atoms in total. The second-order valence-electron chi connectivity index (χ2n) is 5.46. The molecule has 3 aromatic heterocycles. The highest BCUT2D eigenvalue weighted by Gasteiger charge is 2.24. The van der Waals surface area contributed by atoms with E-state index < -0.39 is 0 Å². The van der Waals surface area contributed by atoms with Gasteiger partial charge in [0.15, 0.2) is 5.52 Å². The molecule has 1 aliphatic heterocycles. The molecule has 0 atom stereocenters. The van der Waals surface area contributed by atoms with Gasteiger partial charge in [-0.25, -0.2) is 4.98 Å².